The van der Waals surface area contributed by atoms with Crippen LogP contribution < -0.4 is 0 Å². The zero-order chi connectivity index (χ0) is 9.84. The van der Waals surface area contributed by atoms with Gasteiger partial charge >= 0.3 is 0 Å². The molecule has 0 aromatic carbocycles. The predicted octanol–water partition coefficient (Wildman–Crippen LogP) is 3.20. The van der Waals surface area contributed by atoms with Gasteiger partial charge in [0.25, 0.3) is 0 Å². The molecule has 0 bridgehead atoms. The van der Waals surface area contributed by atoms with Gasteiger partial charge in [0.1, 0.15) is 0 Å². The van der Waals surface area contributed by atoms with Crippen LogP contribution in [0.25, 0.3) is 0 Å². The third kappa shape index (κ3) is 3.25. The average molecular weight is 179 g/mol. The Hall–Kier alpha value is -0.720. The maximum Gasteiger partial charge on any atom is 0.0362 e. The number of nitrogens with zero attached hydrogens (tertiary/aromatic N) is 1. The van der Waals surface area contributed by atoms with E-state index in [0.717, 1.165) is 12.5 Å². The van der Waals surface area contributed by atoms with Crippen LogP contribution in [0.5, 0.6) is 0 Å². The Labute approximate surface area is 82.1 Å². The summed E-state index contributed by atoms with van der Waals surface area (Å²) in [4.78, 5) is 2.45. The number of hydrogen-bond donors (Lipinski definition) is 0. The Kier molecular flexibility index (Phi) is 3.58. The summed E-state index contributed by atoms with van der Waals surface area (Å²) in [6.07, 6.45) is 5.86. The van der Waals surface area contributed by atoms with E-state index in [1.54, 1.807) is 0 Å². The smallest absolute Gasteiger partial charge is 0.0362 e. The fraction of sp³-hybridized carbons (Fsp3) is 0.667. The van der Waals surface area contributed by atoms with Gasteiger partial charge in [-0.2, -0.15) is 0 Å². The molecule has 0 atom stereocenters. The van der Waals surface area contributed by atoms with E-state index >= 15 is 0 Å². The van der Waals surface area contributed by atoms with E-state index in [2.05, 4.69) is 44.7 Å². The molecule has 0 aromatic heterocycles. The molecular formula is C12H21N. The molecule has 0 amide bonds. The van der Waals surface area contributed by atoms with Crippen molar-refractivity contribution in [2.24, 2.45) is 5.92 Å². The van der Waals surface area contributed by atoms with Crippen LogP contribution in [0.15, 0.2) is 23.4 Å². The van der Waals surface area contributed by atoms with Gasteiger partial charge in [-0.3, -0.25) is 0 Å². The SMILES string of the molecule is CC1=CCN(CCC(C)C)C(C)=C1. The van der Waals surface area contributed by atoms with Crippen LogP contribution in [-0.2, 0) is 0 Å². The van der Waals surface area contributed by atoms with Crippen LogP contribution in [0.1, 0.15) is 34.1 Å². The van der Waals surface area contributed by atoms with Gasteiger partial charge in [-0.25, -0.2) is 0 Å². The molecule has 1 nitrogen and oxygen atoms in total. The molecule has 0 unspecified atom stereocenters. The van der Waals surface area contributed by atoms with Crippen molar-refractivity contribution in [1.82, 2.24) is 4.90 Å². The maximum absolute atomic E-state index is 2.45. The Morgan fingerprint density at radius 1 is 1.38 bits per heavy atom. The van der Waals surface area contributed by atoms with Gasteiger partial charge in [0.2, 0.25) is 0 Å². The Morgan fingerprint density at radius 2 is 2.08 bits per heavy atom. The molecule has 1 heterocycles. The molecule has 1 rings (SSSR count). The number of hydrogen-bond acceptors (Lipinski definition) is 1. The van der Waals surface area contributed by atoms with Crippen molar-refractivity contribution in [3.63, 3.8) is 0 Å². The fourth-order valence-electron chi connectivity index (χ4n) is 1.56. The van der Waals surface area contributed by atoms with E-state index in [9.17, 15) is 0 Å². The molecule has 0 saturated heterocycles. The average Bonchev–Trinajstić information content (AvgIpc) is 2.02. The van der Waals surface area contributed by atoms with Crippen LogP contribution in [-0.4, -0.2) is 18.0 Å². The molecule has 1 aliphatic rings. The van der Waals surface area contributed by atoms with Crippen molar-refractivity contribution < 1.29 is 0 Å². The Balaban J connectivity index is 2.42. The second kappa shape index (κ2) is 4.50. The molecule has 1 heteroatoms. The molecule has 0 aromatic rings. The van der Waals surface area contributed by atoms with E-state index in [0.29, 0.717) is 0 Å². The van der Waals surface area contributed by atoms with Gasteiger partial charge in [0, 0.05) is 18.8 Å². The minimum Gasteiger partial charge on any atom is -0.371 e. The van der Waals surface area contributed by atoms with Crippen molar-refractivity contribution in [3.05, 3.63) is 23.4 Å². The first-order valence-electron chi connectivity index (χ1n) is 5.19. The molecular weight excluding hydrogens is 158 g/mol. The first-order valence-corrected chi connectivity index (χ1v) is 5.19. The summed E-state index contributed by atoms with van der Waals surface area (Å²) in [6, 6.07) is 0. The normalized spacial score (nSPS) is 17.5. The standard InChI is InChI=1S/C12H21N/c1-10(2)5-7-13-8-6-11(3)9-12(13)4/h6,9-10H,5,7-8H2,1-4H3. The van der Waals surface area contributed by atoms with Crippen molar-refractivity contribution in [2.45, 2.75) is 34.1 Å². The molecule has 0 aliphatic carbocycles. The second-order valence-electron chi connectivity index (χ2n) is 4.36. The highest BCUT2D eigenvalue weighted by Crippen LogP contribution is 2.15. The summed E-state index contributed by atoms with van der Waals surface area (Å²) in [5.41, 5.74) is 2.82. The Bertz CT molecular complexity index is 223. The zero-order valence-corrected chi connectivity index (χ0v) is 9.30. The van der Waals surface area contributed by atoms with Gasteiger partial charge < -0.3 is 4.90 Å². The molecule has 13 heavy (non-hydrogen) atoms. The molecule has 1 aliphatic heterocycles. The molecule has 0 spiro atoms. The second-order valence-corrected chi connectivity index (χ2v) is 4.36. The summed E-state index contributed by atoms with van der Waals surface area (Å²) < 4.78 is 0. The van der Waals surface area contributed by atoms with Crippen LogP contribution in [0, 0.1) is 5.92 Å². The predicted molar refractivity (Wildman–Crippen MR) is 58.5 cm³/mol. The van der Waals surface area contributed by atoms with Crippen LogP contribution in [0.2, 0.25) is 0 Å². The number of rotatable bonds is 3. The van der Waals surface area contributed by atoms with E-state index in [-0.39, 0.29) is 0 Å². The lowest BCUT2D eigenvalue weighted by Gasteiger charge is -2.28. The maximum atomic E-state index is 2.45. The van der Waals surface area contributed by atoms with Gasteiger partial charge in [-0.15, -0.1) is 0 Å². The quantitative estimate of drug-likeness (QED) is 0.643. The lowest BCUT2D eigenvalue weighted by Crippen LogP contribution is -2.26. The van der Waals surface area contributed by atoms with Gasteiger partial charge in [-0.1, -0.05) is 25.5 Å². The summed E-state index contributed by atoms with van der Waals surface area (Å²) in [5, 5.41) is 0. The van der Waals surface area contributed by atoms with E-state index in [1.807, 2.05) is 0 Å². The Morgan fingerprint density at radius 3 is 2.62 bits per heavy atom. The largest absolute Gasteiger partial charge is 0.371 e. The highest BCUT2D eigenvalue weighted by Gasteiger charge is 2.08. The molecule has 0 N–H and O–H groups in total. The van der Waals surface area contributed by atoms with Crippen LogP contribution >= 0.6 is 0 Å². The molecule has 0 saturated carbocycles. The first-order chi connectivity index (χ1) is 6.09. The van der Waals surface area contributed by atoms with Gasteiger partial charge in [-0.05, 0) is 32.3 Å². The molecule has 0 fully saturated rings. The third-order valence-corrected chi connectivity index (χ3v) is 2.55. The highest BCUT2D eigenvalue weighted by molar-refractivity contribution is 5.24. The van der Waals surface area contributed by atoms with E-state index in [1.165, 1.54) is 24.2 Å². The summed E-state index contributed by atoms with van der Waals surface area (Å²) in [7, 11) is 0. The topological polar surface area (TPSA) is 3.24 Å². The molecule has 74 valence electrons. The first kappa shape index (κ1) is 10.4. The summed E-state index contributed by atoms with van der Waals surface area (Å²) >= 11 is 0. The van der Waals surface area contributed by atoms with Gasteiger partial charge in [0.05, 0.1) is 0 Å². The van der Waals surface area contributed by atoms with E-state index < -0.39 is 0 Å². The highest BCUT2D eigenvalue weighted by atomic mass is 15.1. The lowest BCUT2D eigenvalue weighted by molar-refractivity contribution is 0.344. The zero-order valence-electron chi connectivity index (χ0n) is 9.30. The third-order valence-electron chi connectivity index (χ3n) is 2.55. The van der Waals surface area contributed by atoms with Crippen LogP contribution in [0.4, 0.5) is 0 Å². The summed E-state index contributed by atoms with van der Waals surface area (Å²) in [6.45, 7) is 11.2. The van der Waals surface area contributed by atoms with Crippen molar-refractivity contribution in [2.75, 3.05) is 13.1 Å². The molecule has 0 radical (unpaired) electrons. The van der Waals surface area contributed by atoms with Crippen LogP contribution in [0.3, 0.4) is 0 Å². The minimum absolute atomic E-state index is 0.805. The van der Waals surface area contributed by atoms with Crippen molar-refractivity contribution in [3.8, 4) is 0 Å². The van der Waals surface area contributed by atoms with Gasteiger partial charge in [0.15, 0.2) is 0 Å². The van der Waals surface area contributed by atoms with Crippen molar-refractivity contribution in [1.29, 1.82) is 0 Å². The van der Waals surface area contributed by atoms with E-state index in [4.69, 9.17) is 0 Å². The summed E-state index contributed by atoms with van der Waals surface area (Å²) in [5.74, 6) is 0.805. The minimum atomic E-state index is 0.805. The lowest BCUT2D eigenvalue weighted by atomic mass is 10.1. The van der Waals surface area contributed by atoms with Crippen molar-refractivity contribution >= 4 is 0 Å². The number of allylic oxidation sites excluding steroid dienone is 3. The monoisotopic (exact) mass is 179 g/mol. The fourth-order valence-corrected chi connectivity index (χ4v) is 1.56.